The lowest BCUT2D eigenvalue weighted by atomic mass is 9.93. The van der Waals surface area contributed by atoms with E-state index in [0.29, 0.717) is 6.04 Å². The Balaban J connectivity index is 2.30. The van der Waals surface area contributed by atoms with E-state index in [1.165, 1.54) is 22.3 Å². The van der Waals surface area contributed by atoms with Crippen molar-refractivity contribution >= 4 is 0 Å². The summed E-state index contributed by atoms with van der Waals surface area (Å²) in [6, 6.07) is 9.04. The lowest BCUT2D eigenvalue weighted by Crippen LogP contribution is -2.25. The molecule has 0 amide bonds. The molecule has 0 aliphatic carbocycles. The Morgan fingerprint density at radius 1 is 1.10 bits per heavy atom. The van der Waals surface area contributed by atoms with Gasteiger partial charge in [-0.2, -0.15) is 0 Å². The molecule has 1 unspecified atom stereocenters. The van der Waals surface area contributed by atoms with Gasteiger partial charge in [-0.3, -0.25) is 0 Å². The van der Waals surface area contributed by atoms with Crippen molar-refractivity contribution in [3.63, 3.8) is 0 Å². The van der Waals surface area contributed by atoms with Gasteiger partial charge < -0.3 is 9.73 Å². The van der Waals surface area contributed by atoms with E-state index in [2.05, 4.69) is 57.3 Å². The van der Waals surface area contributed by atoms with E-state index in [1.807, 2.05) is 6.92 Å². The quantitative estimate of drug-likeness (QED) is 0.825. The first-order valence-corrected chi connectivity index (χ1v) is 7.88. The second kappa shape index (κ2) is 6.95. The molecule has 2 nitrogen and oxygen atoms in total. The standard InChI is InChI=1S/C19H27NO/c1-6-10-20-19(18-11-15(4)21-16(18)5)12-17-13(2)8-7-9-14(17)3/h7-9,11,19-20H,6,10,12H2,1-5H3. The fourth-order valence-corrected chi connectivity index (χ4v) is 2.98. The van der Waals surface area contributed by atoms with E-state index in [1.54, 1.807) is 0 Å². The van der Waals surface area contributed by atoms with E-state index in [9.17, 15) is 0 Å². The molecule has 0 spiro atoms. The molecule has 0 saturated carbocycles. The molecule has 0 radical (unpaired) electrons. The lowest BCUT2D eigenvalue weighted by Gasteiger charge is -2.20. The van der Waals surface area contributed by atoms with Crippen molar-refractivity contribution < 1.29 is 4.42 Å². The van der Waals surface area contributed by atoms with Crippen molar-refractivity contribution in [1.29, 1.82) is 0 Å². The number of nitrogens with one attached hydrogen (secondary N) is 1. The molecule has 0 aliphatic heterocycles. The summed E-state index contributed by atoms with van der Waals surface area (Å²) >= 11 is 0. The van der Waals surface area contributed by atoms with Gasteiger partial charge in [-0.1, -0.05) is 25.1 Å². The number of furan rings is 1. The summed E-state index contributed by atoms with van der Waals surface area (Å²) in [4.78, 5) is 0. The van der Waals surface area contributed by atoms with Crippen LogP contribution in [-0.4, -0.2) is 6.54 Å². The second-order valence-corrected chi connectivity index (χ2v) is 5.95. The first-order valence-electron chi connectivity index (χ1n) is 7.88. The third-order valence-electron chi connectivity index (χ3n) is 4.15. The van der Waals surface area contributed by atoms with E-state index < -0.39 is 0 Å². The van der Waals surface area contributed by atoms with E-state index in [-0.39, 0.29) is 0 Å². The minimum absolute atomic E-state index is 0.321. The minimum Gasteiger partial charge on any atom is -0.466 e. The lowest BCUT2D eigenvalue weighted by molar-refractivity contribution is 0.479. The Bertz CT molecular complexity index is 577. The first-order chi connectivity index (χ1) is 10.0. The summed E-state index contributed by atoms with van der Waals surface area (Å²) in [6.07, 6.45) is 2.15. The molecule has 114 valence electrons. The van der Waals surface area contributed by atoms with Crippen molar-refractivity contribution in [2.24, 2.45) is 0 Å². The zero-order chi connectivity index (χ0) is 15.4. The van der Waals surface area contributed by atoms with Crippen molar-refractivity contribution in [3.05, 3.63) is 58.0 Å². The van der Waals surface area contributed by atoms with Crippen LogP contribution in [0.1, 0.15) is 53.2 Å². The first kappa shape index (κ1) is 15.8. The maximum absolute atomic E-state index is 5.73. The van der Waals surface area contributed by atoms with Gasteiger partial charge in [0.05, 0.1) is 0 Å². The van der Waals surface area contributed by atoms with Crippen LogP contribution < -0.4 is 5.32 Å². The van der Waals surface area contributed by atoms with Crippen LogP contribution in [0.5, 0.6) is 0 Å². The number of hydrogen-bond acceptors (Lipinski definition) is 2. The van der Waals surface area contributed by atoms with E-state index >= 15 is 0 Å². The number of rotatable bonds is 6. The summed E-state index contributed by atoms with van der Waals surface area (Å²) in [5.41, 5.74) is 5.49. The smallest absolute Gasteiger partial charge is 0.105 e. The molecule has 0 saturated heterocycles. The highest BCUT2D eigenvalue weighted by molar-refractivity contribution is 5.36. The van der Waals surface area contributed by atoms with Crippen molar-refractivity contribution in [2.45, 2.75) is 53.5 Å². The molecule has 0 aliphatic rings. The van der Waals surface area contributed by atoms with Gasteiger partial charge >= 0.3 is 0 Å². The summed E-state index contributed by atoms with van der Waals surface area (Å²) in [7, 11) is 0. The highest BCUT2D eigenvalue weighted by Crippen LogP contribution is 2.27. The summed E-state index contributed by atoms with van der Waals surface area (Å²) in [6.45, 7) is 11.7. The predicted octanol–water partition coefficient (Wildman–Crippen LogP) is 4.80. The molecular weight excluding hydrogens is 258 g/mol. The molecule has 21 heavy (non-hydrogen) atoms. The van der Waals surface area contributed by atoms with Crippen molar-refractivity contribution in [3.8, 4) is 0 Å². The monoisotopic (exact) mass is 285 g/mol. The third kappa shape index (κ3) is 3.76. The Hall–Kier alpha value is -1.54. The summed E-state index contributed by atoms with van der Waals surface area (Å²) in [5, 5.41) is 3.68. The summed E-state index contributed by atoms with van der Waals surface area (Å²) in [5.74, 6) is 2.03. The maximum Gasteiger partial charge on any atom is 0.105 e. The van der Waals surface area contributed by atoms with Gasteiger partial charge in [0.15, 0.2) is 0 Å². The highest BCUT2D eigenvalue weighted by Gasteiger charge is 2.18. The van der Waals surface area contributed by atoms with Crippen LogP contribution in [-0.2, 0) is 6.42 Å². The largest absolute Gasteiger partial charge is 0.466 e. The normalized spacial score (nSPS) is 12.6. The van der Waals surface area contributed by atoms with Gasteiger partial charge in [0.1, 0.15) is 11.5 Å². The van der Waals surface area contributed by atoms with E-state index in [0.717, 1.165) is 30.9 Å². The average Bonchev–Trinajstić information content (AvgIpc) is 2.76. The zero-order valence-corrected chi connectivity index (χ0v) is 13.9. The third-order valence-corrected chi connectivity index (χ3v) is 4.15. The summed E-state index contributed by atoms with van der Waals surface area (Å²) < 4.78 is 5.73. The average molecular weight is 285 g/mol. The minimum atomic E-state index is 0.321. The van der Waals surface area contributed by atoms with Crippen LogP contribution >= 0.6 is 0 Å². The van der Waals surface area contributed by atoms with Gasteiger partial charge in [-0.15, -0.1) is 0 Å². The fourth-order valence-electron chi connectivity index (χ4n) is 2.98. The topological polar surface area (TPSA) is 25.2 Å². The molecule has 1 N–H and O–H groups in total. The Morgan fingerprint density at radius 2 is 1.76 bits per heavy atom. The molecule has 2 heteroatoms. The molecule has 1 aromatic heterocycles. The van der Waals surface area contributed by atoms with Gasteiger partial charge in [0.25, 0.3) is 0 Å². The zero-order valence-electron chi connectivity index (χ0n) is 13.9. The molecule has 0 fully saturated rings. The fraction of sp³-hybridized carbons (Fsp3) is 0.474. The molecule has 1 atom stereocenters. The number of aryl methyl sites for hydroxylation is 4. The van der Waals surface area contributed by atoms with Crippen LogP contribution in [0, 0.1) is 27.7 Å². The second-order valence-electron chi connectivity index (χ2n) is 5.95. The van der Waals surface area contributed by atoms with Crippen LogP contribution in [0.3, 0.4) is 0 Å². The number of hydrogen-bond donors (Lipinski definition) is 1. The Morgan fingerprint density at radius 3 is 2.29 bits per heavy atom. The molecular formula is C19H27NO. The highest BCUT2D eigenvalue weighted by atomic mass is 16.3. The van der Waals surface area contributed by atoms with Crippen LogP contribution in [0.15, 0.2) is 28.7 Å². The SMILES string of the molecule is CCCNC(Cc1c(C)cccc1C)c1cc(C)oc1C. The van der Waals surface area contributed by atoms with Crippen molar-refractivity contribution in [1.82, 2.24) is 5.32 Å². The molecule has 2 aromatic rings. The Kier molecular flexibility index (Phi) is 5.24. The van der Waals surface area contributed by atoms with Crippen LogP contribution in [0.25, 0.3) is 0 Å². The maximum atomic E-state index is 5.73. The van der Waals surface area contributed by atoms with Crippen LogP contribution in [0.4, 0.5) is 0 Å². The Labute approximate surface area is 128 Å². The van der Waals surface area contributed by atoms with E-state index in [4.69, 9.17) is 4.42 Å². The molecule has 1 heterocycles. The van der Waals surface area contributed by atoms with Gasteiger partial charge in [-0.05, 0) is 69.8 Å². The molecule has 2 rings (SSSR count). The number of benzene rings is 1. The van der Waals surface area contributed by atoms with Gasteiger partial charge in [0.2, 0.25) is 0 Å². The van der Waals surface area contributed by atoms with Crippen molar-refractivity contribution in [2.75, 3.05) is 6.54 Å². The van der Waals surface area contributed by atoms with Gasteiger partial charge in [0, 0.05) is 11.6 Å². The van der Waals surface area contributed by atoms with Gasteiger partial charge in [-0.25, -0.2) is 0 Å². The molecule has 1 aromatic carbocycles. The predicted molar refractivity (Wildman–Crippen MR) is 88.8 cm³/mol. The molecule has 0 bridgehead atoms. The van der Waals surface area contributed by atoms with Crippen LogP contribution in [0.2, 0.25) is 0 Å².